The molecule has 0 aromatic carbocycles. The predicted octanol–water partition coefficient (Wildman–Crippen LogP) is 0.384. The maximum absolute atomic E-state index is 12.6. The van der Waals surface area contributed by atoms with Crippen molar-refractivity contribution < 1.29 is 4.79 Å². The van der Waals surface area contributed by atoms with E-state index in [0.29, 0.717) is 12.5 Å². The molecule has 1 aliphatic heterocycles. The van der Waals surface area contributed by atoms with Crippen LogP contribution in [-0.4, -0.2) is 38.2 Å². The zero-order chi connectivity index (χ0) is 13.4. The zero-order valence-electron chi connectivity index (χ0n) is 11.3. The summed E-state index contributed by atoms with van der Waals surface area (Å²) in [6.45, 7) is 4.30. The summed E-state index contributed by atoms with van der Waals surface area (Å²) < 4.78 is 2.02. The van der Waals surface area contributed by atoms with E-state index in [4.69, 9.17) is 5.73 Å². The van der Waals surface area contributed by atoms with Gasteiger partial charge in [0.2, 0.25) is 5.91 Å². The first kappa shape index (κ1) is 12.6. The number of rotatable bonds is 1. The molecule has 0 saturated heterocycles. The van der Waals surface area contributed by atoms with Crippen LogP contribution in [0, 0.1) is 11.8 Å². The lowest BCUT2D eigenvalue weighted by Crippen LogP contribution is -2.45. The lowest BCUT2D eigenvalue weighted by molar-refractivity contribution is -0.140. The van der Waals surface area contributed by atoms with Crippen LogP contribution in [-0.2, 0) is 17.9 Å². The average molecular weight is 263 g/mol. The minimum atomic E-state index is 0.134. The molecule has 3 atom stereocenters. The number of hydrogen-bond donors (Lipinski definition) is 1. The van der Waals surface area contributed by atoms with Gasteiger partial charge in [0.05, 0.1) is 6.54 Å². The fourth-order valence-electron chi connectivity index (χ4n) is 3.29. The van der Waals surface area contributed by atoms with E-state index in [9.17, 15) is 4.79 Å². The molecule has 2 N–H and O–H groups in total. The van der Waals surface area contributed by atoms with Crippen molar-refractivity contribution in [3.63, 3.8) is 0 Å². The molecule has 0 bridgehead atoms. The molecule has 1 aromatic rings. The number of nitrogens with two attached hydrogens (primary N) is 1. The third-order valence-corrected chi connectivity index (χ3v) is 4.48. The number of carbonyl (C=O) groups excluding carboxylic acids is 1. The highest BCUT2D eigenvalue weighted by molar-refractivity contribution is 5.79. The van der Waals surface area contributed by atoms with E-state index in [1.165, 1.54) is 0 Å². The van der Waals surface area contributed by atoms with Crippen molar-refractivity contribution in [1.29, 1.82) is 0 Å². The first-order chi connectivity index (χ1) is 9.15. The highest BCUT2D eigenvalue weighted by atomic mass is 16.2. The lowest BCUT2D eigenvalue weighted by atomic mass is 9.77. The summed E-state index contributed by atoms with van der Waals surface area (Å²) in [4.78, 5) is 14.6. The number of amides is 1. The second kappa shape index (κ2) is 4.92. The van der Waals surface area contributed by atoms with Crippen molar-refractivity contribution in [2.24, 2.45) is 17.6 Å². The molecule has 104 valence electrons. The maximum atomic E-state index is 12.6. The summed E-state index contributed by atoms with van der Waals surface area (Å²) in [7, 11) is 0. The molecule has 1 saturated carbocycles. The SMILES string of the molecule is CC1CC(N)CCC1C(=O)N1CCn2cnnc2C1. The number of carbonyl (C=O) groups is 1. The van der Waals surface area contributed by atoms with Gasteiger partial charge in [0.1, 0.15) is 6.33 Å². The topological polar surface area (TPSA) is 77.0 Å². The molecule has 2 heterocycles. The number of fused-ring (bicyclic) bond motifs is 1. The van der Waals surface area contributed by atoms with Gasteiger partial charge in [-0.25, -0.2) is 0 Å². The summed E-state index contributed by atoms with van der Waals surface area (Å²) in [6.07, 6.45) is 4.58. The average Bonchev–Trinajstić information content (AvgIpc) is 2.85. The number of nitrogens with zero attached hydrogens (tertiary/aromatic N) is 4. The second-order valence-corrected chi connectivity index (χ2v) is 5.86. The van der Waals surface area contributed by atoms with Crippen molar-refractivity contribution in [1.82, 2.24) is 19.7 Å². The zero-order valence-corrected chi connectivity index (χ0v) is 11.3. The third kappa shape index (κ3) is 2.36. The molecule has 6 nitrogen and oxygen atoms in total. The van der Waals surface area contributed by atoms with E-state index in [2.05, 4.69) is 17.1 Å². The van der Waals surface area contributed by atoms with Crippen LogP contribution < -0.4 is 5.73 Å². The Morgan fingerprint density at radius 3 is 3.05 bits per heavy atom. The molecule has 2 aliphatic rings. The van der Waals surface area contributed by atoms with Crippen molar-refractivity contribution in [2.75, 3.05) is 6.54 Å². The van der Waals surface area contributed by atoms with Crippen molar-refractivity contribution in [3.05, 3.63) is 12.2 Å². The highest BCUT2D eigenvalue weighted by Gasteiger charge is 2.34. The highest BCUT2D eigenvalue weighted by Crippen LogP contribution is 2.31. The summed E-state index contributed by atoms with van der Waals surface area (Å²) in [5, 5.41) is 7.96. The van der Waals surface area contributed by atoms with Gasteiger partial charge >= 0.3 is 0 Å². The number of hydrogen-bond acceptors (Lipinski definition) is 4. The van der Waals surface area contributed by atoms with Gasteiger partial charge < -0.3 is 15.2 Å². The van der Waals surface area contributed by atoms with E-state index < -0.39 is 0 Å². The van der Waals surface area contributed by atoms with Crippen molar-refractivity contribution >= 4 is 5.91 Å². The van der Waals surface area contributed by atoms with Crippen LogP contribution in [0.1, 0.15) is 32.0 Å². The summed E-state index contributed by atoms with van der Waals surface area (Å²) in [5.74, 6) is 1.68. The Balaban J connectivity index is 1.68. The Morgan fingerprint density at radius 2 is 2.26 bits per heavy atom. The molecule has 1 fully saturated rings. The van der Waals surface area contributed by atoms with E-state index in [-0.39, 0.29) is 17.9 Å². The molecule has 3 rings (SSSR count). The minimum absolute atomic E-state index is 0.134. The van der Waals surface area contributed by atoms with Gasteiger partial charge in [0, 0.05) is 25.0 Å². The van der Waals surface area contributed by atoms with E-state index >= 15 is 0 Å². The Bertz CT molecular complexity index is 471. The summed E-state index contributed by atoms with van der Waals surface area (Å²) in [5.41, 5.74) is 5.97. The maximum Gasteiger partial charge on any atom is 0.226 e. The van der Waals surface area contributed by atoms with E-state index in [1.54, 1.807) is 6.33 Å². The molecule has 19 heavy (non-hydrogen) atoms. The van der Waals surface area contributed by atoms with E-state index in [1.807, 2.05) is 9.47 Å². The van der Waals surface area contributed by atoms with E-state index in [0.717, 1.165) is 38.2 Å². The fraction of sp³-hybridized carbons (Fsp3) is 0.769. The molecule has 1 aliphatic carbocycles. The third-order valence-electron chi connectivity index (χ3n) is 4.48. The standard InChI is InChI=1S/C13H21N5O/c1-9-6-10(14)2-3-11(9)13(19)17-4-5-18-8-15-16-12(18)7-17/h8-11H,2-7,14H2,1H3. The molecule has 1 amide bonds. The van der Waals surface area contributed by atoms with Gasteiger partial charge in [0.25, 0.3) is 0 Å². The summed E-state index contributed by atoms with van der Waals surface area (Å²) >= 11 is 0. The fourth-order valence-corrected chi connectivity index (χ4v) is 3.29. The van der Waals surface area contributed by atoms with Crippen LogP contribution in [0.15, 0.2) is 6.33 Å². The van der Waals surface area contributed by atoms with Gasteiger partial charge in [-0.05, 0) is 25.2 Å². The quantitative estimate of drug-likeness (QED) is 0.795. The normalized spacial score (nSPS) is 31.1. The van der Waals surface area contributed by atoms with Crippen LogP contribution >= 0.6 is 0 Å². The lowest BCUT2D eigenvalue weighted by Gasteiger charge is -2.36. The van der Waals surface area contributed by atoms with Gasteiger partial charge in [-0.1, -0.05) is 6.92 Å². The smallest absolute Gasteiger partial charge is 0.226 e. The van der Waals surface area contributed by atoms with Crippen LogP contribution in [0.2, 0.25) is 0 Å². The Labute approximate surface area is 113 Å². The molecular formula is C13H21N5O. The summed E-state index contributed by atoms with van der Waals surface area (Å²) in [6, 6.07) is 0.267. The van der Waals surface area contributed by atoms with Gasteiger partial charge in [-0.15, -0.1) is 10.2 Å². The van der Waals surface area contributed by atoms with Crippen LogP contribution in [0.3, 0.4) is 0 Å². The molecule has 1 aromatic heterocycles. The molecule has 3 unspecified atom stereocenters. The Hall–Kier alpha value is -1.43. The molecule has 0 spiro atoms. The Morgan fingerprint density at radius 1 is 1.42 bits per heavy atom. The number of aromatic nitrogens is 3. The second-order valence-electron chi connectivity index (χ2n) is 5.86. The predicted molar refractivity (Wildman–Crippen MR) is 69.9 cm³/mol. The Kier molecular flexibility index (Phi) is 3.26. The van der Waals surface area contributed by atoms with Crippen LogP contribution in [0.25, 0.3) is 0 Å². The first-order valence-corrected chi connectivity index (χ1v) is 7.06. The van der Waals surface area contributed by atoms with Crippen molar-refractivity contribution in [2.45, 2.75) is 45.3 Å². The monoisotopic (exact) mass is 263 g/mol. The largest absolute Gasteiger partial charge is 0.333 e. The molecular weight excluding hydrogens is 242 g/mol. The van der Waals surface area contributed by atoms with Gasteiger partial charge in [-0.3, -0.25) is 4.79 Å². The van der Waals surface area contributed by atoms with Gasteiger partial charge in [0.15, 0.2) is 5.82 Å². The van der Waals surface area contributed by atoms with Gasteiger partial charge in [-0.2, -0.15) is 0 Å². The molecule has 6 heteroatoms. The van der Waals surface area contributed by atoms with Crippen LogP contribution in [0.4, 0.5) is 0 Å². The van der Waals surface area contributed by atoms with Crippen molar-refractivity contribution in [3.8, 4) is 0 Å². The first-order valence-electron chi connectivity index (χ1n) is 7.06. The van der Waals surface area contributed by atoms with Crippen LogP contribution in [0.5, 0.6) is 0 Å². The molecule has 0 radical (unpaired) electrons. The minimum Gasteiger partial charge on any atom is -0.333 e.